The Kier molecular flexibility index (Phi) is 4.75. The fourth-order valence-electron chi connectivity index (χ4n) is 1.85. The highest BCUT2D eigenvalue weighted by molar-refractivity contribution is 5.46. The summed E-state index contributed by atoms with van der Waals surface area (Å²) in [5.74, 6) is 1.54. The highest BCUT2D eigenvalue weighted by Crippen LogP contribution is 2.31. The highest BCUT2D eigenvalue weighted by Gasteiger charge is 2.10. The van der Waals surface area contributed by atoms with Crippen molar-refractivity contribution in [2.75, 3.05) is 14.2 Å². The van der Waals surface area contributed by atoms with Crippen LogP contribution in [-0.4, -0.2) is 19.1 Å². The standard InChI is InChI=1S/C15H18N2O2/c1-16-10-13-4-3-5-14(18-2)15(13)19-11-12-6-8-17-9-7-12/h3-9,16H,10-11H2,1-2H3. The van der Waals surface area contributed by atoms with Gasteiger partial charge in [-0.1, -0.05) is 12.1 Å². The fraction of sp³-hybridized carbons (Fsp3) is 0.267. The summed E-state index contributed by atoms with van der Waals surface area (Å²) in [6, 6.07) is 9.77. The minimum absolute atomic E-state index is 0.500. The number of methoxy groups -OCH3 is 1. The number of hydrogen-bond acceptors (Lipinski definition) is 4. The third kappa shape index (κ3) is 3.45. The summed E-state index contributed by atoms with van der Waals surface area (Å²) in [5, 5.41) is 3.13. The van der Waals surface area contributed by atoms with E-state index in [4.69, 9.17) is 9.47 Å². The van der Waals surface area contributed by atoms with Gasteiger partial charge in [-0.05, 0) is 30.8 Å². The second kappa shape index (κ2) is 6.75. The molecule has 0 unspecified atom stereocenters. The number of nitrogens with zero attached hydrogens (tertiary/aromatic N) is 1. The average Bonchev–Trinajstić information content (AvgIpc) is 2.47. The van der Waals surface area contributed by atoms with Crippen LogP contribution in [0.15, 0.2) is 42.7 Å². The molecule has 100 valence electrons. The molecule has 1 aromatic heterocycles. The number of rotatable bonds is 6. The molecule has 4 nitrogen and oxygen atoms in total. The Labute approximate surface area is 113 Å². The maximum atomic E-state index is 5.90. The molecule has 0 saturated heterocycles. The Morgan fingerprint density at radius 1 is 1.16 bits per heavy atom. The van der Waals surface area contributed by atoms with Crippen molar-refractivity contribution < 1.29 is 9.47 Å². The summed E-state index contributed by atoms with van der Waals surface area (Å²) in [4.78, 5) is 3.99. The van der Waals surface area contributed by atoms with E-state index in [9.17, 15) is 0 Å². The number of ether oxygens (including phenoxy) is 2. The molecule has 0 amide bonds. The molecule has 2 aromatic rings. The SMILES string of the molecule is CNCc1cccc(OC)c1OCc1ccncc1. The van der Waals surface area contributed by atoms with Crippen LogP contribution in [0.4, 0.5) is 0 Å². The number of pyridine rings is 1. The fourth-order valence-corrected chi connectivity index (χ4v) is 1.85. The van der Waals surface area contributed by atoms with Crippen molar-refractivity contribution in [2.45, 2.75) is 13.2 Å². The van der Waals surface area contributed by atoms with Crippen molar-refractivity contribution in [2.24, 2.45) is 0 Å². The van der Waals surface area contributed by atoms with E-state index in [1.54, 1.807) is 19.5 Å². The minimum atomic E-state index is 0.500. The second-order valence-corrected chi connectivity index (χ2v) is 4.12. The molecule has 4 heteroatoms. The molecule has 1 heterocycles. The van der Waals surface area contributed by atoms with Gasteiger partial charge in [0.1, 0.15) is 6.61 Å². The van der Waals surface area contributed by atoms with Gasteiger partial charge >= 0.3 is 0 Å². The highest BCUT2D eigenvalue weighted by atomic mass is 16.5. The number of hydrogen-bond donors (Lipinski definition) is 1. The van der Waals surface area contributed by atoms with Gasteiger partial charge < -0.3 is 14.8 Å². The molecular weight excluding hydrogens is 240 g/mol. The largest absolute Gasteiger partial charge is 0.493 e. The van der Waals surface area contributed by atoms with Crippen molar-refractivity contribution in [1.82, 2.24) is 10.3 Å². The van der Waals surface area contributed by atoms with E-state index >= 15 is 0 Å². The molecule has 2 rings (SSSR count). The Balaban J connectivity index is 2.17. The van der Waals surface area contributed by atoms with E-state index in [0.29, 0.717) is 6.61 Å². The van der Waals surface area contributed by atoms with Gasteiger partial charge in [-0.3, -0.25) is 4.98 Å². The molecular formula is C15H18N2O2. The van der Waals surface area contributed by atoms with Gasteiger partial charge in [0.25, 0.3) is 0 Å². The Morgan fingerprint density at radius 2 is 1.95 bits per heavy atom. The molecule has 0 bridgehead atoms. The lowest BCUT2D eigenvalue weighted by Crippen LogP contribution is -2.08. The molecule has 0 aliphatic carbocycles. The van der Waals surface area contributed by atoms with E-state index < -0.39 is 0 Å². The Morgan fingerprint density at radius 3 is 2.63 bits per heavy atom. The van der Waals surface area contributed by atoms with Crippen molar-refractivity contribution in [3.63, 3.8) is 0 Å². The molecule has 0 spiro atoms. The summed E-state index contributed by atoms with van der Waals surface area (Å²) in [5.41, 5.74) is 2.16. The minimum Gasteiger partial charge on any atom is -0.493 e. The lowest BCUT2D eigenvalue weighted by Gasteiger charge is -2.15. The number of nitrogens with one attached hydrogen (secondary N) is 1. The van der Waals surface area contributed by atoms with Gasteiger partial charge in [0.15, 0.2) is 11.5 Å². The van der Waals surface area contributed by atoms with Crippen LogP contribution in [0.1, 0.15) is 11.1 Å². The van der Waals surface area contributed by atoms with Crippen molar-refractivity contribution >= 4 is 0 Å². The molecule has 1 N–H and O–H groups in total. The lowest BCUT2D eigenvalue weighted by molar-refractivity contribution is 0.281. The smallest absolute Gasteiger partial charge is 0.166 e. The zero-order valence-corrected chi connectivity index (χ0v) is 11.2. The zero-order valence-electron chi connectivity index (χ0n) is 11.2. The first kappa shape index (κ1) is 13.4. The Hall–Kier alpha value is -2.07. The molecule has 1 aromatic carbocycles. The van der Waals surface area contributed by atoms with Gasteiger partial charge in [-0.15, -0.1) is 0 Å². The van der Waals surface area contributed by atoms with Crippen molar-refractivity contribution in [3.8, 4) is 11.5 Å². The van der Waals surface area contributed by atoms with Crippen LogP contribution in [0.3, 0.4) is 0 Å². The van der Waals surface area contributed by atoms with Gasteiger partial charge in [-0.2, -0.15) is 0 Å². The van der Waals surface area contributed by atoms with Crippen molar-refractivity contribution in [3.05, 3.63) is 53.9 Å². The summed E-state index contributed by atoms with van der Waals surface area (Å²) < 4.78 is 11.3. The van der Waals surface area contributed by atoms with E-state index in [1.165, 1.54) is 0 Å². The summed E-state index contributed by atoms with van der Waals surface area (Å²) in [6.07, 6.45) is 3.52. The van der Waals surface area contributed by atoms with Crippen LogP contribution < -0.4 is 14.8 Å². The molecule has 0 radical (unpaired) electrons. The second-order valence-electron chi connectivity index (χ2n) is 4.12. The van der Waals surface area contributed by atoms with E-state index in [1.807, 2.05) is 37.4 Å². The van der Waals surface area contributed by atoms with Crippen LogP contribution in [0, 0.1) is 0 Å². The first-order valence-electron chi connectivity index (χ1n) is 6.17. The third-order valence-corrected chi connectivity index (χ3v) is 2.78. The molecule has 0 fully saturated rings. The third-order valence-electron chi connectivity index (χ3n) is 2.78. The predicted molar refractivity (Wildman–Crippen MR) is 74.3 cm³/mol. The zero-order chi connectivity index (χ0) is 13.5. The maximum absolute atomic E-state index is 5.90. The van der Waals surface area contributed by atoms with Crippen molar-refractivity contribution in [1.29, 1.82) is 0 Å². The summed E-state index contributed by atoms with van der Waals surface area (Å²) in [6.45, 7) is 1.24. The van der Waals surface area contributed by atoms with E-state index in [-0.39, 0.29) is 0 Å². The number of para-hydroxylation sites is 1. The lowest BCUT2D eigenvalue weighted by atomic mass is 10.2. The molecule has 0 atom stereocenters. The Bertz CT molecular complexity index is 515. The van der Waals surface area contributed by atoms with E-state index in [0.717, 1.165) is 29.2 Å². The van der Waals surface area contributed by atoms with Gasteiger partial charge in [0, 0.05) is 24.5 Å². The predicted octanol–water partition coefficient (Wildman–Crippen LogP) is 2.39. The topological polar surface area (TPSA) is 43.4 Å². The summed E-state index contributed by atoms with van der Waals surface area (Å²) in [7, 11) is 3.56. The first-order chi connectivity index (χ1) is 9.35. The van der Waals surface area contributed by atoms with Gasteiger partial charge in [-0.25, -0.2) is 0 Å². The maximum Gasteiger partial charge on any atom is 0.166 e. The van der Waals surface area contributed by atoms with Gasteiger partial charge in [0.2, 0.25) is 0 Å². The summed E-state index contributed by atoms with van der Waals surface area (Å²) >= 11 is 0. The van der Waals surface area contributed by atoms with Crippen LogP contribution in [0.5, 0.6) is 11.5 Å². The first-order valence-corrected chi connectivity index (χ1v) is 6.17. The van der Waals surface area contributed by atoms with Crippen LogP contribution >= 0.6 is 0 Å². The molecule has 0 aliphatic heterocycles. The van der Waals surface area contributed by atoms with E-state index in [2.05, 4.69) is 10.3 Å². The number of benzene rings is 1. The molecule has 0 saturated carbocycles. The van der Waals surface area contributed by atoms with Gasteiger partial charge in [0.05, 0.1) is 7.11 Å². The normalized spacial score (nSPS) is 10.2. The monoisotopic (exact) mass is 258 g/mol. The average molecular weight is 258 g/mol. The molecule has 19 heavy (non-hydrogen) atoms. The molecule has 0 aliphatic rings. The van der Waals surface area contributed by atoms with Crippen LogP contribution in [0.2, 0.25) is 0 Å². The number of aromatic nitrogens is 1. The van der Waals surface area contributed by atoms with Crippen LogP contribution in [0.25, 0.3) is 0 Å². The quantitative estimate of drug-likeness (QED) is 0.864. The van der Waals surface area contributed by atoms with Crippen LogP contribution in [-0.2, 0) is 13.2 Å².